The summed E-state index contributed by atoms with van der Waals surface area (Å²) in [4.78, 5) is 4.10. The van der Waals surface area contributed by atoms with E-state index in [1.807, 2.05) is 29.3 Å². The third kappa shape index (κ3) is 4.26. The number of thiazole rings is 1. The quantitative estimate of drug-likeness (QED) is 0.524. The maximum atomic E-state index is 4.27. The van der Waals surface area contributed by atoms with Crippen molar-refractivity contribution in [3.8, 4) is 0 Å². The number of azo groups is 1. The second-order valence-electron chi connectivity index (χ2n) is 5.45. The Labute approximate surface area is 145 Å². The minimum absolute atomic E-state index is 0.676. The fourth-order valence-corrected chi connectivity index (χ4v) is 2.88. The van der Waals surface area contributed by atoms with Crippen LogP contribution in [0.15, 0.2) is 58.7 Å². The first kappa shape index (κ1) is 16.3. The number of anilines is 1. The van der Waals surface area contributed by atoms with Crippen LogP contribution in [0.1, 0.15) is 12.5 Å². The topological polar surface area (TPSA) is 58.5 Å². The molecule has 0 spiro atoms. The van der Waals surface area contributed by atoms with Gasteiger partial charge in [0.2, 0.25) is 11.5 Å². The number of aromatic nitrogens is 3. The van der Waals surface area contributed by atoms with E-state index in [2.05, 4.69) is 56.7 Å². The molecule has 2 aromatic heterocycles. The second kappa shape index (κ2) is 7.83. The zero-order chi connectivity index (χ0) is 16.8. The molecule has 0 saturated heterocycles. The van der Waals surface area contributed by atoms with Gasteiger partial charge in [0.05, 0.1) is 19.3 Å². The number of rotatable bonds is 7. The molecule has 0 amide bonds. The van der Waals surface area contributed by atoms with Gasteiger partial charge >= 0.3 is 0 Å². The molecular formula is C17H21N6S+. The van der Waals surface area contributed by atoms with Crippen molar-refractivity contribution in [3.05, 3.63) is 54.1 Å². The van der Waals surface area contributed by atoms with Crippen LogP contribution >= 0.6 is 11.3 Å². The number of nitrogens with one attached hydrogen (secondary N) is 1. The maximum absolute atomic E-state index is 4.27. The molecule has 2 heterocycles. The Bertz CT molecular complexity index is 806. The Balaban J connectivity index is 1.63. The lowest BCUT2D eigenvalue weighted by Crippen LogP contribution is -2.24. The summed E-state index contributed by atoms with van der Waals surface area (Å²) in [6.45, 7) is 3.95. The van der Waals surface area contributed by atoms with E-state index in [1.165, 1.54) is 16.9 Å². The molecule has 0 fully saturated rings. The Hall–Kier alpha value is -2.54. The van der Waals surface area contributed by atoms with Crippen molar-refractivity contribution in [1.29, 1.82) is 0 Å². The van der Waals surface area contributed by atoms with Crippen LogP contribution in [-0.2, 0) is 20.0 Å². The molecule has 0 aliphatic rings. The predicted molar refractivity (Wildman–Crippen MR) is 96.2 cm³/mol. The highest BCUT2D eigenvalue weighted by Crippen LogP contribution is 2.25. The molecule has 0 atom stereocenters. The van der Waals surface area contributed by atoms with E-state index in [9.17, 15) is 0 Å². The summed E-state index contributed by atoms with van der Waals surface area (Å²) in [6.07, 6.45) is 8.87. The van der Waals surface area contributed by atoms with Crippen LogP contribution in [0.25, 0.3) is 0 Å². The highest BCUT2D eigenvalue weighted by Gasteiger charge is 2.04. The normalized spacial score (nSPS) is 11.2. The van der Waals surface area contributed by atoms with Gasteiger partial charge in [0.25, 0.3) is 0 Å². The van der Waals surface area contributed by atoms with E-state index in [-0.39, 0.29) is 0 Å². The Morgan fingerprint density at radius 2 is 2.25 bits per heavy atom. The summed E-state index contributed by atoms with van der Waals surface area (Å²) in [5.41, 5.74) is 3.25. The van der Waals surface area contributed by atoms with Crippen LogP contribution in [-0.4, -0.2) is 16.1 Å². The summed E-state index contributed by atoms with van der Waals surface area (Å²) < 4.78 is 4.20. The monoisotopic (exact) mass is 341 g/mol. The lowest BCUT2D eigenvalue weighted by molar-refractivity contribution is -0.671. The lowest BCUT2D eigenvalue weighted by atomic mass is 10.1. The zero-order valence-electron chi connectivity index (χ0n) is 13.9. The molecule has 0 unspecified atom stereocenters. The molecule has 0 saturated carbocycles. The first-order valence-corrected chi connectivity index (χ1v) is 8.81. The van der Waals surface area contributed by atoms with Crippen LogP contribution in [0.5, 0.6) is 0 Å². The molecule has 3 rings (SSSR count). The van der Waals surface area contributed by atoms with E-state index >= 15 is 0 Å². The molecule has 24 heavy (non-hydrogen) atoms. The fraction of sp³-hybridized carbons (Fsp3) is 0.294. The molecule has 124 valence electrons. The molecule has 0 radical (unpaired) electrons. The lowest BCUT2D eigenvalue weighted by Gasteiger charge is -2.10. The van der Waals surface area contributed by atoms with Crippen LogP contribution in [0.2, 0.25) is 0 Å². The van der Waals surface area contributed by atoms with Gasteiger partial charge in [0, 0.05) is 17.3 Å². The first-order chi connectivity index (χ1) is 11.7. The van der Waals surface area contributed by atoms with Gasteiger partial charge in [0.15, 0.2) is 0 Å². The van der Waals surface area contributed by atoms with Crippen molar-refractivity contribution < 1.29 is 4.57 Å². The molecule has 7 heteroatoms. The van der Waals surface area contributed by atoms with Gasteiger partial charge < -0.3 is 5.32 Å². The summed E-state index contributed by atoms with van der Waals surface area (Å²) in [5.74, 6) is 0. The Kier molecular flexibility index (Phi) is 5.32. The minimum atomic E-state index is 0.676. The number of hydrogen-bond acceptors (Lipinski definition) is 5. The van der Waals surface area contributed by atoms with E-state index in [0.29, 0.717) is 5.13 Å². The van der Waals surface area contributed by atoms with Gasteiger partial charge in [-0.25, -0.2) is 14.1 Å². The van der Waals surface area contributed by atoms with Crippen LogP contribution in [0.4, 0.5) is 16.5 Å². The Morgan fingerprint density at radius 1 is 1.33 bits per heavy atom. The molecule has 0 bridgehead atoms. The van der Waals surface area contributed by atoms with Crippen LogP contribution in [0, 0.1) is 0 Å². The predicted octanol–water partition coefficient (Wildman–Crippen LogP) is 3.86. The molecule has 0 aliphatic carbocycles. The molecule has 6 nitrogen and oxygen atoms in total. The SMILES string of the molecule is CCc1cc(N=Nc2nccs2)ccc1NCCn1cc[n+](C)c1. The Morgan fingerprint density at radius 3 is 2.96 bits per heavy atom. The van der Waals surface area contributed by atoms with Gasteiger partial charge in [-0.05, 0) is 30.2 Å². The molecule has 1 aromatic carbocycles. The molecule has 3 aromatic rings. The average molecular weight is 341 g/mol. The number of benzene rings is 1. The summed E-state index contributed by atoms with van der Waals surface area (Å²) in [5, 5.41) is 14.5. The second-order valence-corrected chi connectivity index (χ2v) is 6.33. The third-order valence-electron chi connectivity index (χ3n) is 3.65. The molecule has 0 aliphatic heterocycles. The highest BCUT2D eigenvalue weighted by atomic mass is 32.1. The zero-order valence-corrected chi connectivity index (χ0v) is 14.7. The average Bonchev–Trinajstić information content (AvgIpc) is 3.25. The van der Waals surface area contributed by atoms with Crippen molar-refractivity contribution in [1.82, 2.24) is 9.55 Å². The van der Waals surface area contributed by atoms with Crippen LogP contribution < -0.4 is 9.88 Å². The summed E-state index contributed by atoms with van der Waals surface area (Å²) >= 11 is 1.48. The van der Waals surface area contributed by atoms with E-state index in [0.717, 1.165) is 30.9 Å². The van der Waals surface area contributed by atoms with Crippen molar-refractivity contribution in [2.75, 3.05) is 11.9 Å². The van der Waals surface area contributed by atoms with Gasteiger partial charge in [-0.3, -0.25) is 0 Å². The number of hydrogen-bond donors (Lipinski definition) is 1. The summed E-state index contributed by atoms with van der Waals surface area (Å²) in [6, 6.07) is 6.13. The number of aryl methyl sites for hydroxylation is 2. The van der Waals surface area contributed by atoms with E-state index in [1.54, 1.807) is 6.20 Å². The number of imidazole rings is 1. The van der Waals surface area contributed by atoms with Crippen molar-refractivity contribution in [3.63, 3.8) is 0 Å². The highest BCUT2D eigenvalue weighted by molar-refractivity contribution is 7.13. The van der Waals surface area contributed by atoms with Crippen molar-refractivity contribution in [2.24, 2.45) is 17.3 Å². The fourth-order valence-electron chi connectivity index (χ4n) is 2.43. The minimum Gasteiger partial charge on any atom is -0.381 e. The number of nitrogens with zero attached hydrogens (tertiary/aromatic N) is 5. The third-order valence-corrected chi connectivity index (χ3v) is 4.30. The smallest absolute Gasteiger partial charge is 0.243 e. The van der Waals surface area contributed by atoms with Crippen molar-refractivity contribution in [2.45, 2.75) is 19.9 Å². The van der Waals surface area contributed by atoms with Gasteiger partial charge in [-0.2, -0.15) is 0 Å². The maximum Gasteiger partial charge on any atom is 0.243 e. The summed E-state index contributed by atoms with van der Waals surface area (Å²) in [7, 11) is 2.03. The van der Waals surface area contributed by atoms with Gasteiger partial charge in [0.1, 0.15) is 18.9 Å². The first-order valence-electron chi connectivity index (χ1n) is 7.93. The van der Waals surface area contributed by atoms with Crippen molar-refractivity contribution >= 4 is 27.8 Å². The standard InChI is InChI=1S/C17H21N6S/c1-3-14-12-15(20-21-17-19-7-11-24-17)4-5-16(14)18-6-8-23-10-9-22(2)13-23/h4-5,7,9-13,18H,3,6,8H2,1-2H3/q+1. The van der Waals surface area contributed by atoms with Gasteiger partial charge in [-0.1, -0.05) is 6.92 Å². The van der Waals surface area contributed by atoms with Crippen LogP contribution in [0.3, 0.4) is 0 Å². The molecular weight excluding hydrogens is 320 g/mol. The van der Waals surface area contributed by atoms with E-state index in [4.69, 9.17) is 0 Å². The van der Waals surface area contributed by atoms with E-state index < -0.39 is 0 Å². The molecule has 1 N–H and O–H groups in total. The largest absolute Gasteiger partial charge is 0.381 e. The van der Waals surface area contributed by atoms with Gasteiger partial charge in [-0.15, -0.1) is 21.6 Å².